The van der Waals surface area contributed by atoms with Crippen molar-refractivity contribution in [2.45, 2.75) is 4.90 Å². The second-order valence-electron chi connectivity index (χ2n) is 4.83. The van der Waals surface area contributed by atoms with E-state index in [4.69, 9.17) is 0 Å². The first-order chi connectivity index (χ1) is 11.0. The van der Waals surface area contributed by atoms with Gasteiger partial charge in [0.05, 0.1) is 22.9 Å². The van der Waals surface area contributed by atoms with E-state index in [1.807, 2.05) is 0 Å². The first-order valence-electron chi connectivity index (χ1n) is 6.78. The number of rotatable bonds is 4. The lowest BCUT2D eigenvalue weighted by Crippen LogP contribution is -2.34. The number of sulfonamides is 1. The van der Waals surface area contributed by atoms with Crippen molar-refractivity contribution in [1.29, 1.82) is 0 Å². The summed E-state index contributed by atoms with van der Waals surface area (Å²) in [6.45, 7) is 0.611. The van der Waals surface area contributed by atoms with Gasteiger partial charge in [-0.15, -0.1) is 0 Å². The van der Waals surface area contributed by atoms with E-state index in [0.29, 0.717) is 17.9 Å². The molecule has 1 radical (unpaired) electrons. The van der Waals surface area contributed by atoms with Crippen LogP contribution in [0, 0.1) is 16.2 Å². The summed E-state index contributed by atoms with van der Waals surface area (Å²) in [6.07, 6.45) is 0. The Kier molecular flexibility index (Phi) is 3.83. The maximum atomic E-state index is 12.8. The first kappa shape index (κ1) is 15.2. The Labute approximate surface area is 133 Å². The molecule has 0 atom stereocenters. The zero-order chi connectivity index (χ0) is 16.4. The molecule has 1 aliphatic heterocycles. The molecule has 0 fully saturated rings. The fourth-order valence-corrected chi connectivity index (χ4v) is 3.75. The normalized spacial score (nSPS) is 14.6. The van der Waals surface area contributed by atoms with Crippen LogP contribution in [0.2, 0.25) is 0 Å². The molecule has 0 amide bonds. The van der Waals surface area contributed by atoms with Gasteiger partial charge in [-0.1, -0.05) is 18.2 Å². The van der Waals surface area contributed by atoms with Crippen LogP contribution in [0.15, 0.2) is 58.4 Å². The van der Waals surface area contributed by atoms with Crippen molar-refractivity contribution in [3.05, 3.63) is 70.3 Å². The number of non-ortho nitro benzene ring substituents is 1. The molecule has 7 nitrogen and oxygen atoms in total. The largest absolute Gasteiger partial charge is 0.269 e. The maximum absolute atomic E-state index is 12.8. The monoisotopic (exact) mass is 330 g/mol. The van der Waals surface area contributed by atoms with Crippen molar-refractivity contribution in [1.82, 2.24) is 4.31 Å². The molecule has 0 unspecified atom stereocenters. The smallest absolute Gasteiger partial charge is 0.265 e. The number of nitrogens with zero attached hydrogens (tertiary/aromatic N) is 3. The Morgan fingerprint density at radius 3 is 2.57 bits per heavy atom. The van der Waals surface area contributed by atoms with E-state index in [0.717, 1.165) is 0 Å². The van der Waals surface area contributed by atoms with E-state index in [1.54, 1.807) is 24.3 Å². The third-order valence-corrected chi connectivity index (χ3v) is 5.21. The van der Waals surface area contributed by atoms with E-state index in [-0.39, 0.29) is 17.1 Å². The summed E-state index contributed by atoms with van der Waals surface area (Å²) in [7, 11) is -3.81. The van der Waals surface area contributed by atoms with E-state index in [9.17, 15) is 18.5 Å². The molecule has 0 saturated heterocycles. The molecular weight excluding hydrogens is 318 g/mol. The topological polar surface area (TPSA) is 92.9 Å². The third-order valence-electron chi connectivity index (χ3n) is 3.40. The molecule has 3 rings (SSSR count). The van der Waals surface area contributed by atoms with Gasteiger partial charge >= 0.3 is 0 Å². The summed E-state index contributed by atoms with van der Waals surface area (Å²) in [6, 6.07) is 14.6. The van der Waals surface area contributed by atoms with Gasteiger partial charge in [-0.25, -0.2) is 12.7 Å². The van der Waals surface area contributed by atoms with Gasteiger partial charge in [-0.05, 0) is 24.3 Å². The molecule has 0 N–H and O–H groups in total. The highest BCUT2D eigenvalue weighted by Gasteiger charge is 2.31. The predicted octanol–water partition coefficient (Wildman–Crippen LogP) is 1.85. The van der Waals surface area contributed by atoms with Crippen molar-refractivity contribution in [3.8, 4) is 0 Å². The van der Waals surface area contributed by atoms with E-state index >= 15 is 0 Å². The highest BCUT2D eigenvalue weighted by Crippen LogP contribution is 2.23. The zero-order valence-electron chi connectivity index (χ0n) is 11.9. The van der Waals surface area contributed by atoms with Crippen LogP contribution in [0.3, 0.4) is 0 Å². The number of amidine groups is 1. The summed E-state index contributed by atoms with van der Waals surface area (Å²) >= 11 is 0. The Morgan fingerprint density at radius 2 is 1.96 bits per heavy atom. The number of benzene rings is 2. The number of nitro groups is 1. The highest BCUT2D eigenvalue weighted by atomic mass is 32.2. The molecule has 0 saturated carbocycles. The lowest BCUT2D eigenvalue weighted by Gasteiger charge is -2.20. The predicted molar refractivity (Wildman–Crippen MR) is 83.7 cm³/mol. The number of nitro benzene ring substituents is 1. The summed E-state index contributed by atoms with van der Waals surface area (Å²) in [5, 5.41) is 10.7. The minimum atomic E-state index is -3.81. The molecule has 0 spiro atoms. The van der Waals surface area contributed by atoms with Gasteiger partial charge in [0.25, 0.3) is 15.7 Å². The van der Waals surface area contributed by atoms with Crippen molar-refractivity contribution in [2.24, 2.45) is 4.99 Å². The Morgan fingerprint density at radius 1 is 1.22 bits per heavy atom. The SMILES string of the molecule is O=[N+]([O-])c1ccc(S(=O)(=O)N2CCN=C2c2c[c]ccc2)cc1. The zero-order valence-corrected chi connectivity index (χ0v) is 12.7. The quantitative estimate of drug-likeness (QED) is 0.631. The van der Waals surface area contributed by atoms with Gasteiger partial charge in [0.15, 0.2) is 0 Å². The number of aliphatic imine (C=N–C) groups is 1. The second-order valence-corrected chi connectivity index (χ2v) is 6.69. The fourth-order valence-electron chi connectivity index (χ4n) is 2.30. The summed E-state index contributed by atoms with van der Waals surface area (Å²) in [5.74, 6) is 0.361. The van der Waals surface area contributed by atoms with Crippen LogP contribution in [0.4, 0.5) is 5.69 Å². The molecule has 0 aliphatic carbocycles. The van der Waals surface area contributed by atoms with E-state index < -0.39 is 14.9 Å². The summed E-state index contributed by atoms with van der Waals surface area (Å²) in [4.78, 5) is 14.4. The minimum Gasteiger partial charge on any atom is -0.265 e. The van der Waals surface area contributed by atoms with Gasteiger partial charge in [0.2, 0.25) is 0 Å². The second kappa shape index (κ2) is 5.81. The lowest BCUT2D eigenvalue weighted by atomic mass is 10.2. The van der Waals surface area contributed by atoms with Crippen LogP contribution in [-0.4, -0.2) is 36.6 Å². The molecule has 1 heterocycles. The molecule has 23 heavy (non-hydrogen) atoms. The average molecular weight is 330 g/mol. The van der Waals surface area contributed by atoms with Crippen LogP contribution < -0.4 is 0 Å². The van der Waals surface area contributed by atoms with Gasteiger partial charge < -0.3 is 0 Å². The van der Waals surface area contributed by atoms with Crippen LogP contribution >= 0.6 is 0 Å². The third kappa shape index (κ3) is 2.80. The minimum absolute atomic E-state index is 0.00221. The van der Waals surface area contributed by atoms with Gasteiger partial charge in [0.1, 0.15) is 5.84 Å². The average Bonchev–Trinajstić information content (AvgIpc) is 3.06. The van der Waals surface area contributed by atoms with Gasteiger partial charge in [0, 0.05) is 17.7 Å². The summed E-state index contributed by atoms with van der Waals surface area (Å²) in [5.41, 5.74) is 0.507. The van der Waals surface area contributed by atoms with Crippen LogP contribution in [-0.2, 0) is 10.0 Å². The van der Waals surface area contributed by atoms with Crippen LogP contribution in [0.25, 0.3) is 0 Å². The molecule has 0 bridgehead atoms. The maximum Gasteiger partial charge on any atom is 0.269 e. The van der Waals surface area contributed by atoms with Crippen molar-refractivity contribution < 1.29 is 13.3 Å². The molecule has 2 aromatic rings. The van der Waals surface area contributed by atoms with Crippen molar-refractivity contribution in [2.75, 3.05) is 13.1 Å². The molecule has 1 aliphatic rings. The molecule has 8 heteroatoms. The molecule has 2 aromatic carbocycles. The molecular formula is C15H12N3O4S. The number of hydrogen-bond donors (Lipinski definition) is 0. The van der Waals surface area contributed by atoms with E-state index in [2.05, 4.69) is 11.1 Å². The molecule has 117 valence electrons. The van der Waals surface area contributed by atoms with Crippen molar-refractivity contribution >= 4 is 21.5 Å². The van der Waals surface area contributed by atoms with Crippen molar-refractivity contribution in [3.63, 3.8) is 0 Å². The van der Waals surface area contributed by atoms with Crippen LogP contribution in [0.1, 0.15) is 5.56 Å². The Bertz CT molecular complexity index is 861. The van der Waals surface area contributed by atoms with Crippen LogP contribution in [0.5, 0.6) is 0 Å². The Hall–Kier alpha value is -2.74. The first-order valence-corrected chi connectivity index (χ1v) is 8.22. The Balaban J connectivity index is 1.96. The lowest BCUT2D eigenvalue weighted by molar-refractivity contribution is -0.384. The standard InChI is InChI=1S/C15H12N3O4S/c19-18(20)13-6-8-14(9-7-13)23(21,22)17-11-10-16-15(17)12-4-2-1-3-5-12/h1-2,4-9H,10-11H2. The van der Waals surface area contributed by atoms with Gasteiger partial charge in [-0.3, -0.25) is 15.1 Å². The number of hydrogen-bond acceptors (Lipinski definition) is 5. The highest BCUT2D eigenvalue weighted by molar-refractivity contribution is 7.89. The molecule has 0 aromatic heterocycles. The fraction of sp³-hybridized carbons (Fsp3) is 0.133. The summed E-state index contributed by atoms with van der Waals surface area (Å²) < 4.78 is 26.7. The van der Waals surface area contributed by atoms with E-state index in [1.165, 1.54) is 28.6 Å². The van der Waals surface area contributed by atoms with Gasteiger partial charge in [-0.2, -0.15) is 0 Å².